The maximum atomic E-state index is 12.5. The van der Waals surface area contributed by atoms with Crippen LogP contribution in [0.4, 0.5) is 0 Å². The van der Waals surface area contributed by atoms with Crippen LogP contribution in [0.3, 0.4) is 0 Å². The van der Waals surface area contributed by atoms with Gasteiger partial charge in [-0.3, -0.25) is 9.59 Å². The Morgan fingerprint density at radius 2 is 2.00 bits per heavy atom. The first-order valence-corrected chi connectivity index (χ1v) is 8.58. The molecule has 0 saturated heterocycles. The Kier molecular flexibility index (Phi) is 4.10. The number of aromatic nitrogens is 1. The predicted molar refractivity (Wildman–Crippen MR) is 89.4 cm³/mol. The number of rotatable bonds is 4. The lowest BCUT2D eigenvalue weighted by Crippen LogP contribution is -2.54. The summed E-state index contributed by atoms with van der Waals surface area (Å²) in [5, 5.41) is 12.1. The van der Waals surface area contributed by atoms with Crippen molar-refractivity contribution in [2.24, 2.45) is 17.3 Å². The van der Waals surface area contributed by atoms with Crippen LogP contribution in [0, 0.1) is 42.4 Å². The fourth-order valence-electron chi connectivity index (χ4n) is 3.74. The van der Waals surface area contributed by atoms with E-state index in [1.807, 2.05) is 13.8 Å². The van der Waals surface area contributed by atoms with Crippen LogP contribution >= 0.6 is 0 Å². The van der Waals surface area contributed by atoms with E-state index >= 15 is 0 Å². The summed E-state index contributed by atoms with van der Waals surface area (Å²) in [6.45, 7) is 7.34. The molecule has 2 saturated carbocycles. The van der Waals surface area contributed by atoms with Gasteiger partial charge < -0.3 is 14.6 Å². The number of nitrogens with one attached hydrogen (secondary N) is 1. The van der Waals surface area contributed by atoms with Crippen LogP contribution in [0.5, 0.6) is 0 Å². The van der Waals surface area contributed by atoms with Crippen molar-refractivity contribution in [3.8, 4) is 6.07 Å². The van der Waals surface area contributed by atoms with Gasteiger partial charge in [-0.05, 0) is 25.2 Å². The van der Waals surface area contributed by atoms with Crippen molar-refractivity contribution in [3.63, 3.8) is 0 Å². The molecule has 7 nitrogen and oxygen atoms in total. The number of oxazole rings is 1. The summed E-state index contributed by atoms with van der Waals surface area (Å²) in [5.74, 6) is 0.376. The van der Waals surface area contributed by atoms with Crippen LogP contribution < -0.4 is 5.32 Å². The lowest BCUT2D eigenvalue weighted by molar-refractivity contribution is -0.124. The van der Waals surface area contributed by atoms with Gasteiger partial charge in [0.25, 0.3) is 5.91 Å². The second kappa shape index (κ2) is 5.87. The number of carbonyl (C=O) groups is 2. The highest BCUT2D eigenvalue weighted by Crippen LogP contribution is 2.57. The summed E-state index contributed by atoms with van der Waals surface area (Å²) >= 11 is 0. The van der Waals surface area contributed by atoms with E-state index in [0.717, 1.165) is 0 Å². The van der Waals surface area contributed by atoms with Crippen molar-refractivity contribution >= 4 is 11.8 Å². The number of aryl methyl sites for hydroxylation is 2. The zero-order chi connectivity index (χ0) is 18.5. The summed E-state index contributed by atoms with van der Waals surface area (Å²) in [5.41, 5.74) is 0.112. The molecule has 0 radical (unpaired) electrons. The number of nitrogens with zero attached hydrogens (tertiary/aromatic N) is 3. The Morgan fingerprint density at radius 1 is 1.36 bits per heavy atom. The minimum absolute atomic E-state index is 0.0445. The van der Waals surface area contributed by atoms with Crippen LogP contribution in [-0.2, 0) is 4.79 Å². The van der Waals surface area contributed by atoms with Gasteiger partial charge in [-0.15, -0.1) is 0 Å². The molecule has 1 heterocycles. The van der Waals surface area contributed by atoms with Gasteiger partial charge in [0.15, 0.2) is 11.6 Å². The van der Waals surface area contributed by atoms with Gasteiger partial charge in [-0.25, -0.2) is 4.98 Å². The first-order valence-electron chi connectivity index (χ1n) is 8.58. The van der Waals surface area contributed by atoms with Crippen molar-refractivity contribution in [2.75, 3.05) is 7.05 Å². The maximum Gasteiger partial charge on any atom is 0.276 e. The maximum absolute atomic E-state index is 12.5. The highest BCUT2D eigenvalue weighted by atomic mass is 16.4. The lowest BCUT2D eigenvalue weighted by Gasteiger charge is -2.41. The Morgan fingerprint density at radius 3 is 2.48 bits per heavy atom. The van der Waals surface area contributed by atoms with Crippen molar-refractivity contribution in [2.45, 2.75) is 52.6 Å². The topological polar surface area (TPSA) is 99.2 Å². The summed E-state index contributed by atoms with van der Waals surface area (Å²) in [7, 11) is 1.75. The molecule has 0 bridgehead atoms. The zero-order valence-corrected chi connectivity index (χ0v) is 15.3. The summed E-state index contributed by atoms with van der Waals surface area (Å²) < 4.78 is 5.32. The molecule has 0 aliphatic heterocycles. The van der Waals surface area contributed by atoms with Crippen LogP contribution in [0.15, 0.2) is 4.42 Å². The molecule has 0 unspecified atom stereocenters. The van der Waals surface area contributed by atoms with E-state index in [1.54, 1.807) is 25.8 Å². The van der Waals surface area contributed by atoms with E-state index < -0.39 is 0 Å². The first-order chi connectivity index (χ1) is 11.7. The molecule has 134 valence electrons. The van der Waals surface area contributed by atoms with Crippen LogP contribution in [0.1, 0.15) is 48.8 Å². The molecule has 2 fully saturated rings. The monoisotopic (exact) mass is 344 g/mol. The summed E-state index contributed by atoms with van der Waals surface area (Å²) in [4.78, 5) is 30.6. The molecule has 1 aromatic rings. The normalized spacial score (nSPS) is 29.3. The van der Waals surface area contributed by atoms with Crippen molar-refractivity contribution in [1.82, 2.24) is 15.2 Å². The van der Waals surface area contributed by atoms with Gasteiger partial charge in [0.2, 0.25) is 5.91 Å². The average Bonchev–Trinajstić information content (AvgIpc) is 2.90. The molecule has 25 heavy (non-hydrogen) atoms. The van der Waals surface area contributed by atoms with Gasteiger partial charge in [0.1, 0.15) is 5.76 Å². The molecule has 2 atom stereocenters. The van der Waals surface area contributed by atoms with E-state index in [-0.39, 0.29) is 41.1 Å². The van der Waals surface area contributed by atoms with E-state index in [2.05, 4.69) is 16.4 Å². The quantitative estimate of drug-likeness (QED) is 0.898. The molecule has 1 aromatic heterocycles. The molecule has 0 aromatic carbocycles. The zero-order valence-electron chi connectivity index (χ0n) is 15.3. The smallest absolute Gasteiger partial charge is 0.276 e. The Labute approximate surface area is 147 Å². The molecule has 1 N–H and O–H groups in total. The third-order valence-electron chi connectivity index (χ3n) is 5.68. The lowest BCUT2D eigenvalue weighted by atomic mass is 9.85. The van der Waals surface area contributed by atoms with Crippen LogP contribution in [-0.4, -0.2) is 40.8 Å². The number of hydrogen-bond acceptors (Lipinski definition) is 5. The van der Waals surface area contributed by atoms with Crippen molar-refractivity contribution in [3.05, 3.63) is 17.3 Å². The van der Waals surface area contributed by atoms with Gasteiger partial charge >= 0.3 is 0 Å². The van der Waals surface area contributed by atoms with E-state index in [1.165, 1.54) is 0 Å². The predicted octanol–water partition coefficient (Wildman–Crippen LogP) is 1.81. The molecule has 2 amide bonds. The van der Waals surface area contributed by atoms with Crippen molar-refractivity contribution < 1.29 is 14.0 Å². The largest absolute Gasteiger partial charge is 0.445 e. The van der Waals surface area contributed by atoms with Gasteiger partial charge in [-0.1, -0.05) is 13.8 Å². The second-order valence-corrected chi connectivity index (χ2v) is 7.79. The van der Waals surface area contributed by atoms with Crippen LogP contribution in [0.25, 0.3) is 0 Å². The number of nitriles is 1. The minimum Gasteiger partial charge on any atom is -0.445 e. The van der Waals surface area contributed by atoms with E-state index in [0.29, 0.717) is 30.2 Å². The third kappa shape index (κ3) is 2.90. The Hall–Kier alpha value is -2.36. The molecule has 7 heteroatoms. The van der Waals surface area contributed by atoms with E-state index in [4.69, 9.17) is 9.68 Å². The average molecular weight is 344 g/mol. The summed E-state index contributed by atoms with van der Waals surface area (Å²) in [6.07, 6.45) is 1.43. The fraction of sp³-hybridized carbons (Fsp3) is 0.667. The Bertz CT molecular complexity index is 755. The van der Waals surface area contributed by atoms with Gasteiger partial charge in [-0.2, -0.15) is 5.26 Å². The SMILES string of the molecule is Cc1nc(C(=O)N(C)C2CC(NC(=O)[C@@H]3[C@H](C#N)C3(C)C)C2)c(C)o1. The number of hydrogen-bond donors (Lipinski definition) is 1. The molecule has 0 spiro atoms. The fourth-order valence-corrected chi connectivity index (χ4v) is 3.74. The first kappa shape index (κ1) is 17.5. The van der Waals surface area contributed by atoms with Crippen LogP contribution in [0.2, 0.25) is 0 Å². The number of amides is 2. The molecule has 3 rings (SSSR count). The highest BCUT2D eigenvalue weighted by Gasteiger charge is 2.62. The minimum atomic E-state index is -0.239. The Balaban J connectivity index is 1.51. The molecule has 2 aliphatic rings. The van der Waals surface area contributed by atoms with E-state index in [9.17, 15) is 9.59 Å². The third-order valence-corrected chi connectivity index (χ3v) is 5.68. The van der Waals surface area contributed by atoms with Gasteiger partial charge in [0, 0.05) is 26.1 Å². The second-order valence-electron chi connectivity index (χ2n) is 7.79. The highest BCUT2D eigenvalue weighted by molar-refractivity contribution is 5.93. The number of carbonyl (C=O) groups excluding carboxylic acids is 2. The summed E-state index contributed by atoms with van der Waals surface area (Å²) in [6, 6.07) is 2.34. The molecular formula is C18H24N4O3. The van der Waals surface area contributed by atoms with Gasteiger partial charge in [0.05, 0.1) is 17.9 Å². The molecular weight excluding hydrogens is 320 g/mol. The van der Waals surface area contributed by atoms with Crippen molar-refractivity contribution in [1.29, 1.82) is 5.26 Å². The molecule has 2 aliphatic carbocycles. The standard InChI is InChI=1S/C18H24N4O3/c1-9-15(20-10(2)25-9)17(24)22(5)12-6-11(7-12)21-16(23)14-13(8-19)18(14,3)4/h11-14H,6-7H2,1-5H3,(H,21,23)/t11?,12?,13-,14-/m0/s1.